The van der Waals surface area contributed by atoms with E-state index in [9.17, 15) is 12.9 Å². The molecule has 1 rings (SSSR count). The Hall–Kier alpha value is -0.0587. The molecule has 0 spiro atoms. The minimum Gasteiger partial charge on any atom is -0.449 e. The van der Waals surface area contributed by atoms with Gasteiger partial charge in [0.1, 0.15) is 0 Å². The van der Waals surface area contributed by atoms with Crippen molar-refractivity contribution in [3.63, 3.8) is 0 Å². The monoisotopic (exact) mass is 263 g/mol. The molecule has 0 aliphatic rings. The van der Waals surface area contributed by atoms with Crippen molar-refractivity contribution in [1.82, 2.24) is 0 Å². The molecule has 1 aromatic rings. The van der Waals surface area contributed by atoms with Crippen LogP contribution in [0.2, 0.25) is 5.82 Å². The van der Waals surface area contributed by atoms with Crippen LogP contribution < -0.4 is 51.4 Å². The van der Waals surface area contributed by atoms with Crippen LogP contribution in [0.3, 0.4) is 0 Å². The predicted molar refractivity (Wildman–Crippen MR) is 58.7 cm³/mol. The maximum atomic E-state index is 12.2. The Balaban J connectivity index is 0.00000256. The number of nitrogens with zero attached hydrogens (tertiary/aromatic N) is 1. The van der Waals surface area contributed by atoms with Crippen LogP contribution in [-0.4, -0.2) is 6.98 Å². The first-order valence-electron chi connectivity index (χ1n) is 4.82. The summed E-state index contributed by atoms with van der Waals surface area (Å²) in [4.78, 5) is 0. The smallest absolute Gasteiger partial charge is 0.449 e. The first-order chi connectivity index (χ1) is 7.43. The van der Waals surface area contributed by atoms with E-state index in [1.165, 1.54) is 6.08 Å². The number of benzene rings is 1. The van der Waals surface area contributed by atoms with Crippen LogP contribution in [-0.2, 0) is 0 Å². The van der Waals surface area contributed by atoms with Gasteiger partial charge in [-0.2, -0.15) is 5.26 Å². The number of allylic oxidation sites excluding steroid dienone is 1. The topological polar surface area (TPSA) is 23.8 Å². The van der Waals surface area contributed by atoms with Crippen molar-refractivity contribution < 1.29 is 64.3 Å². The molecule has 84 valence electrons. The van der Waals surface area contributed by atoms with Gasteiger partial charge in [0.15, 0.2) is 0 Å². The van der Waals surface area contributed by atoms with Crippen LogP contribution in [0, 0.1) is 11.3 Å². The molecule has 0 saturated carbocycles. The molecule has 0 heterocycles. The van der Waals surface area contributed by atoms with Crippen molar-refractivity contribution in [2.75, 3.05) is 0 Å². The summed E-state index contributed by atoms with van der Waals surface area (Å²) in [5.41, 5.74) is 1.15. The van der Waals surface area contributed by atoms with Gasteiger partial charge in [-0.15, -0.1) is 6.08 Å². The Morgan fingerprint density at radius 2 is 1.76 bits per heavy atom. The van der Waals surface area contributed by atoms with Crippen LogP contribution in [0.25, 0.3) is 6.08 Å². The third kappa shape index (κ3) is 5.89. The molecule has 0 radical (unpaired) electrons. The molecule has 0 bridgehead atoms. The third-order valence-corrected chi connectivity index (χ3v) is 2.23. The number of hydrogen-bond acceptors (Lipinski definition) is 1. The molecule has 0 aliphatic carbocycles. The van der Waals surface area contributed by atoms with Crippen molar-refractivity contribution >= 4 is 13.1 Å². The first-order valence-corrected chi connectivity index (χ1v) is 4.82. The molecule has 0 aromatic heterocycles. The largest absolute Gasteiger partial charge is 1.00 e. The number of halogens is 3. The summed E-state index contributed by atoms with van der Waals surface area (Å²) in [6, 6.07) is 8.32. The summed E-state index contributed by atoms with van der Waals surface area (Å²) in [6.07, 6.45) is 2.54. The zero-order valence-corrected chi connectivity index (χ0v) is 12.8. The Kier molecular flexibility index (Phi) is 7.37. The molecular formula is C11H10BF3KN. The summed E-state index contributed by atoms with van der Waals surface area (Å²) in [7, 11) is 0. The molecule has 0 N–H and O–H groups in total. The van der Waals surface area contributed by atoms with Crippen molar-refractivity contribution in [2.24, 2.45) is 0 Å². The number of rotatable bonds is 3. The Morgan fingerprint density at radius 3 is 2.18 bits per heavy atom. The van der Waals surface area contributed by atoms with Gasteiger partial charge in [-0.05, 0) is 17.7 Å². The molecule has 0 aliphatic heterocycles. The zero-order chi connectivity index (χ0) is 12.2. The molecular weight excluding hydrogens is 253 g/mol. The van der Waals surface area contributed by atoms with Gasteiger partial charge in [0.25, 0.3) is 0 Å². The predicted octanol–water partition coefficient (Wildman–Crippen LogP) is 0.813. The maximum absolute atomic E-state index is 12.2. The van der Waals surface area contributed by atoms with E-state index in [2.05, 4.69) is 0 Å². The van der Waals surface area contributed by atoms with Crippen molar-refractivity contribution in [3.05, 3.63) is 41.5 Å². The average molecular weight is 263 g/mol. The van der Waals surface area contributed by atoms with Gasteiger partial charge in [0, 0.05) is 0 Å². The van der Waals surface area contributed by atoms with Crippen molar-refractivity contribution in [1.29, 1.82) is 5.26 Å². The SMILES string of the molecule is C[C@H](/C=C/c1ccc(C#N)cc1)[B-](F)(F)F.[K+]. The minimum absolute atomic E-state index is 0. The van der Waals surface area contributed by atoms with E-state index in [0.29, 0.717) is 11.1 Å². The van der Waals surface area contributed by atoms with Crippen LogP contribution in [0.15, 0.2) is 30.3 Å². The van der Waals surface area contributed by atoms with Crippen LogP contribution in [0.5, 0.6) is 0 Å². The van der Waals surface area contributed by atoms with Gasteiger partial charge in [0.05, 0.1) is 11.6 Å². The minimum atomic E-state index is -4.82. The number of hydrogen-bond donors (Lipinski definition) is 0. The van der Waals surface area contributed by atoms with E-state index in [1.807, 2.05) is 6.07 Å². The van der Waals surface area contributed by atoms with E-state index < -0.39 is 12.8 Å². The summed E-state index contributed by atoms with van der Waals surface area (Å²) in [6.45, 7) is -3.69. The van der Waals surface area contributed by atoms with Crippen molar-refractivity contribution in [2.45, 2.75) is 12.7 Å². The molecule has 1 atom stereocenters. The van der Waals surface area contributed by atoms with Crippen LogP contribution in [0.1, 0.15) is 18.1 Å². The second kappa shape index (κ2) is 7.39. The molecule has 0 unspecified atom stereocenters. The van der Waals surface area contributed by atoms with Crippen molar-refractivity contribution in [3.8, 4) is 6.07 Å². The van der Waals surface area contributed by atoms with E-state index in [1.54, 1.807) is 24.3 Å². The van der Waals surface area contributed by atoms with Gasteiger partial charge in [0.2, 0.25) is 0 Å². The first kappa shape index (κ1) is 16.9. The third-order valence-electron chi connectivity index (χ3n) is 2.23. The van der Waals surface area contributed by atoms with Gasteiger partial charge < -0.3 is 12.9 Å². The summed E-state index contributed by atoms with van der Waals surface area (Å²) in [5, 5.41) is 8.54. The standard InChI is InChI=1S/C11H10BF3N.K/c1-9(12(13,14)15)2-3-10-4-6-11(8-16)7-5-10;/h2-7,9H,1H3;/q-1;+1/b3-2+;/t9-;/m1./s1. The fraction of sp³-hybridized carbons (Fsp3) is 0.182. The van der Waals surface area contributed by atoms with E-state index >= 15 is 0 Å². The van der Waals surface area contributed by atoms with Gasteiger partial charge in [-0.3, -0.25) is 0 Å². The average Bonchev–Trinajstić information content (AvgIpc) is 2.25. The Morgan fingerprint density at radius 1 is 1.24 bits per heavy atom. The molecule has 0 fully saturated rings. The van der Waals surface area contributed by atoms with Crippen LogP contribution >= 0.6 is 0 Å². The molecule has 0 amide bonds. The summed E-state index contributed by atoms with van der Waals surface area (Å²) < 4.78 is 36.7. The Bertz CT molecular complexity index is 420. The summed E-state index contributed by atoms with van der Waals surface area (Å²) >= 11 is 0. The second-order valence-corrected chi connectivity index (χ2v) is 3.58. The zero-order valence-electron chi connectivity index (χ0n) is 9.70. The fourth-order valence-electron chi connectivity index (χ4n) is 1.06. The van der Waals surface area contributed by atoms with Gasteiger partial charge in [-0.1, -0.05) is 30.9 Å². The van der Waals surface area contributed by atoms with E-state index in [-0.39, 0.29) is 51.4 Å². The van der Waals surface area contributed by atoms with E-state index in [0.717, 1.165) is 13.0 Å². The van der Waals surface area contributed by atoms with E-state index in [4.69, 9.17) is 5.26 Å². The number of nitriles is 1. The maximum Gasteiger partial charge on any atom is 1.00 e. The summed E-state index contributed by atoms with van der Waals surface area (Å²) in [5.74, 6) is -1.41. The Labute approximate surface area is 141 Å². The quantitative estimate of drug-likeness (QED) is 0.740. The molecule has 1 aromatic carbocycles. The van der Waals surface area contributed by atoms with Crippen LogP contribution in [0.4, 0.5) is 12.9 Å². The molecule has 1 nitrogen and oxygen atoms in total. The fourth-order valence-corrected chi connectivity index (χ4v) is 1.06. The molecule has 0 saturated heterocycles. The normalized spacial score (nSPS) is 12.9. The van der Waals surface area contributed by atoms with Gasteiger partial charge >= 0.3 is 58.4 Å². The molecule has 17 heavy (non-hydrogen) atoms. The molecule has 6 heteroatoms. The second-order valence-electron chi connectivity index (χ2n) is 3.58. The van der Waals surface area contributed by atoms with Gasteiger partial charge in [-0.25, -0.2) is 0 Å².